The second-order valence-corrected chi connectivity index (χ2v) is 6.62. The van der Waals surface area contributed by atoms with Crippen LogP contribution in [0.3, 0.4) is 0 Å². The van der Waals surface area contributed by atoms with Crippen LogP contribution in [0.5, 0.6) is 11.5 Å². The molecule has 0 bridgehead atoms. The number of nitrogens with zero attached hydrogens (tertiary/aromatic N) is 1. The molecule has 1 heterocycles. The average molecular weight is 388 g/mol. The summed E-state index contributed by atoms with van der Waals surface area (Å²) in [4.78, 5) is 14.6. The fraction of sp³-hybridized carbons (Fsp3) is 0.632. The SMILES string of the molecule is CCCN(C(=O)CCc1ccc(OCC(F)(F)F)c(OC)c1)C1CCNC1. The summed E-state index contributed by atoms with van der Waals surface area (Å²) in [6, 6.07) is 4.99. The summed E-state index contributed by atoms with van der Waals surface area (Å²) < 4.78 is 46.9. The number of aryl methyl sites for hydroxylation is 1. The van der Waals surface area contributed by atoms with Gasteiger partial charge < -0.3 is 19.7 Å². The van der Waals surface area contributed by atoms with Crippen LogP contribution in [0.2, 0.25) is 0 Å². The second-order valence-electron chi connectivity index (χ2n) is 6.62. The van der Waals surface area contributed by atoms with Gasteiger partial charge in [0.15, 0.2) is 18.1 Å². The fourth-order valence-electron chi connectivity index (χ4n) is 3.20. The quantitative estimate of drug-likeness (QED) is 0.706. The molecule has 1 atom stereocenters. The molecule has 0 radical (unpaired) electrons. The molecule has 1 aliphatic heterocycles. The van der Waals surface area contributed by atoms with E-state index in [2.05, 4.69) is 5.32 Å². The van der Waals surface area contributed by atoms with Gasteiger partial charge in [-0.2, -0.15) is 13.2 Å². The maximum atomic E-state index is 12.6. The zero-order valence-electron chi connectivity index (χ0n) is 15.8. The van der Waals surface area contributed by atoms with Gasteiger partial charge in [0.05, 0.1) is 7.11 Å². The van der Waals surface area contributed by atoms with Gasteiger partial charge in [-0.25, -0.2) is 0 Å². The molecule has 0 saturated carbocycles. The molecule has 152 valence electrons. The van der Waals surface area contributed by atoms with Crippen molar-refractivity contribution >= 4 is 5.91 Å². The minimum absolute atomic E-state index is 0.0366. The van der Waals surface area contributed by atoms with E-state index >= 15 is 0 Å². The van der Waals surface area contributed by atoms with E-state index in [-0.39, 0.29) is 23.4 Å². The number of hydrogen-bond acceptors (Lipinski definition) is 4. The van der Waals surface area contributed by atoms with Crippen molar-refractivity contribution < 1.29 is 27.4 Å². The van der Waals surface area contributed by atoms with E-state index in [1.165, 1.54) is 13.2 Å². The van der Waals surface area contributed by atoms with Gasteiger partial charge in [-0.3, -0.25) is 4.79 Å². The Hall–Kier alpha value is -1.96. The predicted molar refractivity (Wildman–Crippen MR) is 96.1 cm³/mol. The first-order valence-corrected chi connectivity index (χ1v) is 9.20. The Morgan fingerprint density at radius 1 is 1.33 bits per heavy atom. The Kier molecular flexibility index (Phi) is 7.77. The van der Waals surface area contributed by atoms with Crippen LogP contribution in [0.4, 0.5) is 13.2 Å². The van der Waals surface area contributed by atoms with Crippen molar-refractivity contribution in [3.05, 3.63) is 23.8 Å². The van der Waals surface area contributed by atoms with E-state index in [9.17, 15) is 18.0 Å². The molecule has 0 aromatic heterocycles. The highest BCUT2D eigenvalue weighted by atomic mass is 19.4. The number of halogens is 3. The maximum absolute atomic E-state index is 12.6. The number of carbonyl (C=O) groups excluding carboxylic acids is 1. The Labute approximate surface area is 157 Å². The number of carbonyl (C=O) groups is 1. The van der Waals surface area contributed by atoms with Crippen LogP contribution in [0, 0.1) is 0 Å². The van der Waals surface area contributed by atoms with E-state index in [4.69, 9.17) is 9.47 Å². The lowest BCUT2D eigenvalue weighted by Crippen LogP contribution is -2.42. The van der Waals surface area contributed by atoms with Gasteiger partial charge in [0, 0.05) is 25.6 Å². The Morgan fingerprint density at radius 2 is 2.11 bits per heavy atom. The number of nitrogens with one attached hydrogen (secondary N) is 1. The third kappa shape index (κ3) is 6.61. The van der Waals surface area contributed by atoms with Crippen molar-refractivity contribution in [2.45, 2.75) is 44.8 Å². The monoisotopic (exact) mass is 388 g/mol. The summed E-state index contributed by atoms with van der Waals surface area (Å²) in [5.74, 6) is 0.367. The Balaban J connectivity index is 1.96. The van der Waals surface area contributed by atoms with Crippen LogP contribution in [0.1, 0.15) is 31.7 Å². The predicted octanol–water partition coefficient (Wildman–Crippen LogP) is 3.17. The molecule has 1 saturated heterocycles. The Morgan fingerprint density at radius 3 is 2.70 bits per heavy atom. The van der Waals surface area contributed by atoms with Gasteiger partial charge in [-0.15, -0.1) is 0 Å². The molecule has 2 rings (SSSR count). The number of methoxy groups -OCH3 is 1. The molecule has 0 spiro atoms. The number of rotatable bonds is 9. The van der Waals surface area contributed by atoms with Gasteiger partial charge >= 0.3 is 6.18 Å². The molecule has 1 aromatic rings. The minimum atomic E-state index is -4.41. The molecule has 1 unspecified atom stereocenters. The van der Waals surface area contributed by atoms with Crippen molar-refractivity contribution in [2.75, 3.05) is 33.4 Å². The summed E-state index contributed by atoms with van der Waals surface area (Å²) >= 11 is 0. The molecule has 8 heteroatoms. The summed E-state index contributed by atoms with van der Waals surface area (Å²) in [6.45, 7) is 3.16. The molecule has 0 aliphatic carbocycles. The molecule has 1 amide bonds. The Bertz CT molecular complexity index is 617. The standard InChI is InChI=1S/C19H27F3N2O3/c1-3-10-24(15-8-9-23-12-15)18(25)7-5-14-4-6-16(17(11-14)26-2)27-13-19(20,21)22/h4,6,11,15,23H,3,5,7-10,12-13H2,1-2H3. The lowest BCUT2D eigenvalue weighted by molar-refractivity contribution is -0.153. The van der Waals surface area contributed by atoms with E-state index in [1.807, 2.05) is 11.8 Å². The molecule has 1 aliphatic rings. The lowest BCUT2D eigenvalue weighted by Gasteiger charge is -2.28. The second kappa shape index (κ2) is 9.82. The van der Waals surface area contributed by atoms with Gasteiger partial charge in [-0.05, 0) is 43.5 Å². The average Bonchev–Trinajstić information content (AvgIpc) is 3.16. The number of ether oxygens (including phenoxy) is 2. The molecule has 1 fully saturated rings. The lowest BCUT2D eigenvalue weighted by atomic mass is 10.1. The van der Waals surface area contributed by atoms with Crippen LogP contribution >= 0.6 is 0 Å². The van der Waals surface area contributed by atoms with Crippen LogP contribution in [0.25, 0.3) is 0 Å². The first-order chi connectivity index (χ1) is 12.8. The van der Waals surface area contributed by atoms with E-state index in [0.29, 0.717) is 12.8 Å². The highest BCUT2D eigenvalue weighted by Gasteiger charge is 2.29. The highest BCUT2D eigenvalue weighted by Crippen LogP contribution is 2.30. The smallest absolute Gasteiger partial charge is 0.422 e. The van der Waals surface area contributed by atoms with Crippen LogP contribution in [-0.2, 0) is 11.2 Å². The zero-order valence-corrected chi connectivity index (χ0v) is 15.8. The molecular formula is C19H27F3N2O3. The topological polar surface area (TPSA) is 50.8 Å². The summed E-state index contributed by atoms with van der Waals surface area (Å²) in [5, 5.41) is 3.28. The molecule has 27 heavy (non-hydrogen) atoms. The number of alkyl halides is 3. The van der Waals surface area contributed by atoms with E-state index in [0.717, 1.165) is 38.0 Å². The summed E-state index contributed by atoms with van der Waals surface area (Å²) in [7, 11) is 1.38. The van der Waals surface area contributed by atoms with Crippen molar-refractivity contribution in [3.63, 3.8) is 0 Å². The minimum Gasteiger partial charge on any atom is -0.493 e. The van der Waals surface area contributed by atoms with Crippen molar-refractivity contribution in [1.29, 1.82) is 0 Å². The third-order valence-electron chi connectivity index (χ3n) is 4.51. The van der Waals surface area contributed by atoms with Crippen LogP contribution in [-0.4, -0.2) is 56.4 Å². The highest BCUT2D eigenvalue weighted by molar-refractivity contribution is 5.77. The number of benzene rings is 1. The van der Waals surface area contributed by atoms with Gasteiger partial charge in [0.2, 0.25) is 5.91 Å². The third-order valence-corrected chi connectivity index (χ3v) is 4.51. The van der Waals surface area contributed by atoms with Gasteiger partial charge in [-0.1, -0.05) is 13.0 Å². The first kappa shape index (κ1) is 21.3. The van der Waals surface area contributed by atoms with Crippen molar-refractivity contribution in [1.82, 2.24) is 10.2 Å². The van der Waals surface area contributed by atoms with Gasteiger partial charge in [0.1, 0.15) is 0 Å². The largest absolute Gasteiger partial charge is 0.493 e. The number of hydrogen-bond donors (Lipinski definition) is 1. The zero-order chi connectivity index (χ0) is 19.9. The molecular weight excluding hydrogens is 361 g/mol. The fourth-order valence-corrected chi connectivity index (χ4v) is 3.20. The summed E-state index contributed by atoms with van der Waals surface area (Å²) in [6.07, 6.45) is -1.70. The van der Waals surface area contributed by atoms with Crippen molar-refractivity contribution in [3.8, 4) is 11.5 Å². The molecule has 1 N–H and O–H groups in total. The number of amides is 1. The molecule has 5 nitrogen and oxygen atoms in total. The van der Waals surface area contributed by atoms with Gasteiger partial charge in [0.25, 0.3) is 0 Å². The van der Waals surface area contributed by atoms with Crippen LogP contribution < -0.4 is 14.8 Å². The maximum Gasteiger partial charge on any atom is 0.422 e. The van der Waals surface area contributed by atoms with Crippen molar-refractivity contribution in [2.24, 2.45) is 0 Å². The van der Waals surface area contributed by atoms with E-state index < -0.39 is 12.8 Å². The van der Waals surface area contributed by atoms with E-state index in [1.54, 1.807) is 12.1 Å². The first-order valence-electron chi connectivity index (χ1n) is 9.20. The van der Waals surface area contributed by atoms with Crippen LogP contribution in [0.15, 0.2) is 18.2 Å². The molecule has 1 aromatic carbocycles. The summed E-state index contributed by atoms with van der Waals surface area (Å²) in [5.41, 5.74) is 0.820. The normalized spacial score (nSPS) is 17.0.